The highest BCUT2D eigenvalue weighted by molar-refractivity contribution is 5.82. The Hall–Kier alpha value is -0.610. The normalized spacial score (nSPS) is 39.6. The van der Waals surface area contributed by atoms with Gasteiger partial charge in [0.05, 0.1) is 12.1 Å². The molecule has 0 aromatic heterocycles. The molecule has 4 nitrogen and oxygen atoms in total. The van der Waals surface area contributed by atoms with Crippen LogP contribution in [0.15, 0.2) is 0 Å². The summed E-state index contributed by atoms with van der Waals surface area (Å²) in [6, 6.07) is 0.164. The van der Waals surface area contributed by atoms with Crippen LogP contribution < -0.4 is 10.6 Å². The van der Waals surface area contributed by atoms with Gasteiger partial charge in [0.15, 0.2) is 0 Å². The molecule has 3 N–H and O–H groups in total. The maximum absolute atomic E-state index is 11.9. The quantitative estimate of drug-likeness (QED) is 0.639. The average Bonchev–Trinajstić information content (AvgIpc) is 2.68. The van der Waals surface area contributed by atoms with E-state index >= 15 is 0 Å². The third kappa shape index (κ3) is 2.95. The van der Waals surface area contributed by atoms with E-state index in [9.17, 15) is 9.90 Å². The Labute approximate surface area is 96.8 Å². The molecule has 92 valence electrons. The van der Waals surface area contributed by atoms with E-state index in [-0.39, 0.29) is 18.1 Å². The molecule has 0 bridgehead atoms. The molecular weight excluding hydrogens is 204 g/mol. The van der Waals surface area contributed by atoms with Crippen LogP contribution in [0, 0.1) is 5.92 Å². The van der Waals surface area contributed by atoms with Crippen molar-refractivity contribution in [2.45, 2.75) is 57.2 Å². The van der Waals surface area contributed by atoms with Crippen LogP contribution in [0.25, 0.3) is 0 Å². The molecule has 4 heteroatoms. The second-order valence-corrected chi connectivity index (χ2v) is 5.32. The zero-order valence-corrected chi connectivity index (χ0v) is 9.91. The van der Waals surface area contributed by atoms with Crippen molar-refractivity contribution in [3.63, 3.8) is 0 Å². The molecule has 2 aliphatic rings. The Kier molecular flexibility index (Phi) is 3.82. The van der Waals surface area contributed by atoms with E-state index < -0.39 is 0 Å². The van der Waals surface area contributed by atoms with Gasteiger partial charge in [-0.15, -0.1) is 0 Å². The number of aliphatic hydroxyl groups excluding tert-OH is 1. The maximum atomic E-state index is 11.9. The number of amides is 1. The highest BCUT2D eigenvalue weighted by atomic mass is 16.3. The van der Waals surface area contributed by atoms with Crippen LogP contribution in [0.3, 0.4) is 0 Å². The molecule has 1 saturated carbocycles. The van der Waals surface area contributed by atoms with E-state index in [2.05, 4.69) is 17.6 Å². The van der Waals surface area contributed by atoms with E-state index in [0.29, 0.717) is 19.0 Å². The Morgan fingerprint density at radius 1 is 1.31 bits per heavy atom. The van der Waals surface area contributed by atoms with Gasteiger partial charge in [-0.3, -0.25) is 4.79 Å². The number of hydrogen-bond acceptors (Lipinski definition) is 3. The van der Waals surface area contributed by atoms with E-state index in [1.807, 2.05) is 0 Å². The highest BCUT2D eigenvalue weighted by Gasteiger charge is 2.29. The Morgan fingerprint density at radius 3 is 2.56 bits per heavy atom. The van der Waals surface area contributed by atoms with Crippen LogP contribution in [-0.4, -0.2) is 35.7 Å². The van der Waals surface area contributed by atoms with Gasteiger partial charge in [-0.25, -0.2) is 0 Å². The van der Waals surface area contributed by atoms with Crippen molar-refractivity contribution >= 4 is 5.91 Å². The maximum Gasteiger partial charge on any atom is 0.237 e. The van der Waals surface area contributed by atoms with E-state index in [1.165, 1.54) is 12.8 Å². The van der Waals surface area contributed by atoms with Crippen molar-refractivity contribution in [3.8, 4) is 0 Å². The molecule has 1 aliphatic heterocycles. The molecule has 2 rings (SSSR count). The highest BCUT2D eigenvalue weighted by Crippen LogP contribution is 2.23. The van der Waals surface area contributed by atoms with Crippen LogP contribution in [0.1, 0.15) is 39.0 Å². The minimum Gasteiger partial charge on any atom is -0.392 e. The molecule has 0 spiro atoms. The second-order valence-electron chi connectivity index (χ2n) is 5.32. The molecule has 0 unspecified atom stereocenters. The third-order valence-electron chi connectivity index (χ3n) is 3.79. The number of nitrogens with one attached hydrogen (secondary N) is 2. The molecule has 0 aromatic carbocycles. The van der Waals surface area contributed by atoms with Crippen LogP contribution in [-0.2, 0) is 4.79 Å². The van der Waals surface area contributed by atoms with E-state index in [0.717, 1.165) is 18.8 Å². The fourth-order valence-corrected chi connectivity index (χ4v) is 2.62. The van der Waals surface area contributed by atoms with Crippen LogP contribution in [0.4, 0.5) is 0 Å². The van der Waals surface area contributed by atoms with Crippen molar-refractivity contribution in [2.75, 3.05) is 6.54 Å². The van der Waals surface area contributed by atoms with Crippen LogP contribution in [0.2, 0.25) is 0 Å². The van der Waals surface area contributed by atoms with Gasteiger partial charge in [0.25, 0.3) is 0 Å². The fraction of sp³-hybridized carbons (Fsp3) is 0.917. The lowest BCUT2D eigenvalue weighted by Crippen LogP contribution is -2.46. The molecule has 0 radical (unpaired) electrons. The van der Waals surface area contributed by atoms with Gasteiger partial charge in [0, 0.05) is 12.6 Å². The first-order valence-electron chi connectivity index (χ1n) is 6.37. The lowest BCUT2D eigenvalue weighted by atomic mass is 9.87. The summed E-state index contributed by atoms with van der Waals surface area (Å²) in [7, 11) is 0. The molecule has 2 fully saturated rings. The number of aliphatic hydroxyl groups is 1. The van der Waals surface area contributed by atoms with Crippen LogP contribution in [0.5, 0.6) is 0 Å². The molecule has 1 heterocycles. The number of β-amino-alcohol motifs (C(OH)–C–C–N with tert-alkyl or cyclic N) is 1. The largest absolute Gasteiger partial charge is 0.392 e. The van der Waals surface area contributed by atoms with Gasteiger partial charge in [-0.05, 0) is 38.0 Å². The smallest absolute Gasteiger partial charge is 0.237 e. The first-order valence-corrected chi connectivity index (χ1v) is 6.37. The summed E-state index contributed by atoms with van der Waals surface area (Å²) in [5, 5.41) is 15.5. The van der Waals surface area contributed by atoms with Crippen molar-refractivity contribution in [3.05, 3.63) is 0 Å². The summed E-state index contributed by atoms with van der Waals surface area (Å²) >= 11 is 0. The SMILES string of the molecule is C[C@H]1CC[C@H](NC(=O)[C@@H]2C[C@H](O)CN2)CC1. The summed E-state index contributed by atoms with van der Waals surface area (Å²) in [5.74, 6) is 0.871. The first kappa shape index (κ1) is 11.9. The minimum absolute atomic E-state index is 0.0658. The Morgan fingerprint density at radius 2 is 2.00 bits per heavy atom. The van der Waals surface area contributed by atoms with Gasteiger partial charge in [-0.2, -0.15) is 0 Å². The number of carbonyl (C=O) groups is 1. The second kappa shape index (κ2) is 5.15. The summed E-state index contributed by atoms with van der Waals surface area (Å²) in [4.78, 5) is 11.9. The predicted molar refractivity (Wildman–Crippen MR) is 62.0 cm³/mol. The van der Waals surface area contributed by atoms with Gasteiger partial charge in [-0.1, -0.05) is 6.92 Å². The zero-order valence-electron chi connectivity index (χ0n) is 9.91. The summed E-state index contributed by atoms with van der Waals surface area (Å²) in [5.41, 5.74) is 0. The Balaban J connectivity index is 1.75. The number of rotatable bonds is 2. The van der Waals surface area contributed by atoms with E-state index in [4.69, 9.17) is 0 Å². The lowest BCUT2D eigenvalue weighted by molar-refractivity contribution is -0.123. The fourth-order valence-electron chi connectivity index (χ4n) is 2.62. The molecule has 2 atom stereocenters. The summed E-state index contributed by atoms with van der Waals surface area (Å²) in [6.07, 6.45) is 4.82. The van der Waals surface area contributed by atoms with Gasteiger partial charge in [0.2, 0.25) is 5.91 Å². The summed E-state index contributed by atoms with van der Waals surface area (Å²) in [6.45, 7) is 2.81. The Bertz CT molecular complexity index is 249. The third-order valence-corrected chi connectivity index (χ3v) is 3.79. The van der Waals surface area contributed by atoms with Crippen molar-refractivity contribution in [1.82, 2.24) is 10.6 Å². The topological polar surface area (TPSA) is 61.4 Å². The van der Waals surface area contributed by atoms with Gasteiger partial charge >= 0.3 is 0 Å². The molecule has 1 aliphatic carbocycles. The zero-order chi connectivity index (χ0) is 11.5. The predicted octanol–water partition coefficient (Wildman–Crippen LogP) is 0.404. The van der Waals surface area contributed by atoms with Crippen LogP contribution >= 0.6 is 0 Å². The van der Waals surface area contributed by atoms with Crippen molar-refractivity contribution < 1.29 is 9.90 Å². The van der Waals surface area contributed by atoms with Crippen molar-refractivity contribution in [2.24, 2.45) is 5.92 Å². The van der Waals surface area contributed by atoms with E-state index in [1.54, 1.807) is 0 Å². The number of carbonyl (C=O) groups excluding carboxylic acids is 1. The van der Waals surface area contributed by atoms with Crippen molar-refractivity contribution in [1.29, 1.82) is 0 Å². The monoisotopic (exact) mass is 226 g/mol. The molecule has 1 saturated heterocycles. The molecular formula is C12H22N2O2. The molecule has 16 heavy (non-hydrogen) atoms. The minimum atomic E-state index is -0.359. The first-order chi connectivity index (χ1) is 7.65. The summed E-state index contributed by atoms with van der Waals surface area (Å²) < 4.78 is 0. The average molecular weight is 226 g/mol. The standard InChI is InChI=1S/C12H22N2O2/c1-8-2-4-9(5-3-8)14-12(16)11-6-10(15)7-13-11/h8-11,13,15H,2-7H2,1H3,(H,14,16)/t8-,9-,10-,11-/m0/s1. The lowest BCUT2D eigenvalue weighted by Gasteiger charge is -2.27. The van der Waals surface area contributed by atoms with Gasteiger partial charge in [0.1, 0.15) is 0 Å². The van der Waals surface area contributed by atoms with Gasteiger partial charge < -0.3 is 15.7 Å². The molecule has 0 aromatic rings. The number of hydrogen-bond donors (Lipinski definition) is 3. The molecule has 1 amide bonds.